The number of rotatable bonds is 1. The van der Waals surface area contributed by atoms with Gasteiger partial charge in [0.25, 0.3) is 0 Å². The van der Waals surface area contributed by atoms with Crippen LogP contribution in [0.25, 0.3) is 0 Å². The second-order valence-electron chi connectivity index (χ2n) is 4.60. The van der Waals surface area contributed by atoms with E-state index in [1.807, 2.05) is 18.2 Å². The average Bonchev–Trinajstić information content (AvgIpc) is 2.63. The molecular weight excluding hydrogens is 220 g/mol. The second-order valence-corrected chi connectivity index (χ2v) is 4.60. The van der Waals surface area contributed by atoms with Gasteiger partial charge in [-0.25, -0.2) is 0 Å². The lowest BCUT2D eigenvalue weighted by atomic mass is 9.78. The molecule has 2 unspecified atom stereocenters. The molecule has 0 bridgehead atoms. The maximum atomic E-state index is 11.4. The smallest absolute Gasteiger partial charge is 0.309 e. The molecule has 90 valence electrons. The van der Waals surface area contributed by atoms with E-state index in [1.165, 1.54) is 0 Å². The lowest BCUT2D eigenvalue weighted by molar-refractivity contribution is -0.197. The Hall–Kier alpha value is -1.55. The largest absolute Gasteiger partial charge is 0.496 e. The van der Waals surface area contributed by atoms with Gasteiger partial charge in [-0.2, -0.15) is 0 Å². The number of benzene rings is 1. The minimum Gasteiger partial charge on any atom is -0.496 e. The van der Waals surface area contributed by atoms with Gasteiger partial charge in [-0.1, -0.05) is 12.1 Å². The predicted molar refractivity (Wildman–Crippen MR) is 59.7 cm³/mol. The molecule has 1 heterocycles. The van der Waals surface area contributed by atoms with Crippen LogP contribution in [0.5, 0.6) is 5.75 Å². The third kappa shape index (κ3) is 1.44. The summed E-state index contributed by atoms with van der Waals surface area (Å²) in [7, 11) is 1.63. The fraction of sp³-hybridized carbons (Fsp3) is 0.462. The summed E-state index contributed by atoms with van der Waals surface area (Å²) in [6, 6.07) is 5.72. The van der Waals surface area contributed by atoms with Gasteiger partial charge in [0.1, 0.15) is 5.75 Å². The highest BCUT2D eigenvalue weighted by molar-refractivity contribution is 5.74. The van der Waals surface area contributed by atoms with Crippen LogP contribution in [-0.2, 0) is 16.0 Å². The molecule has 0 saturated carbocycles. The summed E-state index contributed by atoms with van der Waals surface area (Å²) >= 11 is 0. The normalized spacial score (nSPS) is 30.5. The third-order valence-electron chi connectivity index (χ3n) is 3.70. The molecule has 4 nitrogen and oxygen atoms in total. The topological polar surface area (TPSA) is 55.8 Å². The molecule has 0 radical (unpaired) electrons. The Morgan fingerprint density at radius 3 is 3.12 bits per heavy atom. The minimum atomic E-state index is -1.31. The number of ether oxygens (including phenoxy) is 2. The maximum absolute atomic E-state index is 11.4. The predicted octanol–water partition coefficient (Wildman–Crippen LogP) is 1.36. The first-order valence-electron chi connectivity index (χ1n) is 5.74. The van der Waals surface area contributed by atoms with E-state index in [9.17, 15) is 9.90 Å². The lowest BCUT2D eigenvalue weighted by Crippen LogP contribution is -2.38. The first-order chi connectivity index (χ1) is 8.14. The van der Waals surface area contributed by atoms with Crippen LogP contribution >= 0.6 is 0 Å². The molecule has 1 aliphatic carbocycles. The van der Waals surface area contributed by atoms with E-state index in [0.29, 0.717) is 12.8 Å². The zero-order chi connectivity index (χ0) is 12.0. The van der Waals surface area contributed by atoms with Gasteiger partial charge >= 0.3 is 5.97 Å². The zero-order valence-electron chi connectivity index (χ0n) is 9.60. The van der Waals surface area contributed by atoms with E-state index < -0.39 is 5.79 Å². The minimum absolute atomic E-state index is 0.247. The standard InChI is InChI=1S/C13H14O4/c1-16-11-4-2-3-8-9(11)5-6-13(15)10(8)7-12(14)17-13/h2-4,10,15H,5-7H2,1H3. The van der Waals surface area contributed by atoms with E-state index in [0.717, 1.165) is 16.9 Å². The molecule has 0 amide bonds. The van der Waals surface area contributed by atoms with Crippen LogP contribution in [0.15, 0.2) is 18.2 Å². The number of fused-ring (bicyclic) bond motifs is 3. The number of carbonyl (C=O) groups excluding carboxylic acids is 1. The molecule has 1 saturated heterocycles. The van der Waals surface area contributed by atoms with Gasteiger partial charge < -0.3 is 14.6 Å². The highest BCUT2D eigenvalue weighted by Crippen LogP contribution is 2.48. The number of esters is 1. The molecule has 3 rings (SSSR count). The molecule has 0 aromatic heterocycles. The zero-order valence-corrected chi connectivity index (χ0v) is 9.60. The van der Waals surface area contributed by atoms with E-state index in [1.54, 1.807) is 7.11 Å². The van der Waals surface area contributed by atoms with Crippen LogP contribution in [0, 0.1) is 0 Å². The molecule has 1 aromatic rings. The van der Waals surface area contributed by atoms with Crippen molar-refractivity contribution in [2.24, 2.45) is 0 Å². The molecule has 1 N–H and O–H groups in total. The molecular formula is C13H14O4. The van der Waals surface area contributed by atoms with Crippen LogP contribution in [0.2, 0.25) is 0 Å². The number of hydrogen-bond acceptors (Lipinski definition) is 4. The molecule has 4 heteroatoms. The highest BCUT2D eigenvalue weighted by Gasteiger charge is 2.51. The van der Waals surface area contributed by atoms with Gasteiger partial charge in [-0.3, -0.25) is 4.79 Å². The van der Waals surface area contributed by atoms with Crippen LogP contribution in [-0.4, -0.2) is 24.0 Å². The Morgan fingerprint density at radius 2 is 2.35 bits per heavy atom. The molecule has 1 aromatic carbocycles. The van der Waals surface area contributed by atoms with E-state index in [2.05, 4.69) is 0 Å². The summed E-state index contributed by atoms with van der Waals surface area (Å²) in [5.74, 6) is -1.07. The third-order valence-corrected chi connectivity index (χ3v) is 3.70. The van der Waals surface area contributed by atoms with E-state index in [-0.39, 0.29) is 18.3 Å². The summed E-state index contributed by atoms with van der Waals surface area (Å²) in [6.45, 7) is 0. The van der Waals surface area contributed by atoms with Crippen LogP contribution in [0.4, 0.5) is 0 Å². The number of hydrogen-bond donors (Lipinski definition) is 1. The Morgan fingerprint density at radius 1 is 1.53 bits per heavy atom. The van der Waals surface area contributed by atoms with E-state index in [4.69, 9.17) is 9.47 Å². The van der Waals surface area contributed by atoms with Crippen LogP contribution in [0.3, 0.4) is 0 Å². The summed E-state index contributed by atoms with van der Waals surface area (Å²) in [5.41, 5.74) is 2.06. The molecule has 0 spiro atoms. The summed E-state index contributed by atoms with van der Waals surface area (Å²) in [6.07, 6.45) is 1.35. The quantitative estimate of drug-likeness (QED) is 0.745. The Bertz CT molecular complexity index is 482. The molecule has 2 atom stereocenters. The Kier molecular flexibility index (Phi) is 2.16. The maximum Gasteiger partial charge on any atom is 0.309 e. The molecule has 1 aliphatic heterocycles. The van der Waals surface area contributed by atoms with Gasteiger partial charge in [0.05, 0.1) is 19.4 Å². The SMILES string of the molecule is COc1cccc2c1CCC1(O)OC(=O)CC21. The van der Waals surface area contributed by atoms with Crippen molar-refractivity contribution in [3.05, 3.63) is 29.3 Å². The first kappa shape index (κ1) is 10.6. The fourth-order valence-electron chi connectivity index (χ4n) is 2.89. The van der Waals surface area contributed by atoms with Gasteiger partial charge in [0, 0.05) is 6.42 Å². The summed E-state index contributed by atoms with van der Waals surface area (Å²) in [4.78, 5) is 11.4. The number of methoxy groups -OCH3 is 1. The van der Waals surface area contributed by atoms with Crippen molar-refractivity contribution in [2.75, 3.05) is 7.11 Å². The second kappa shape index (κ2) is 3.47. The van der Waals surface area contributed by atoms with Crippen LogP contribution < -0.4 is 4.74 Å². The van der Waals surface area contributed by atoms with Crippen molar-refractivity contribution in [3.63, 3.8) is 0 Å². The number of aliphatic hydroxyl groups is 1. The van der Waals surface area contributed by atoms with Crippen molar-refractivity contribution in [3.8, 4) is 5.75 Å². The highest BCUT2D eigenvalue weighted by atomic mass is 16.7. The Balaban J connectivity index is 2.11. The van der Waals surface area contributed by atoms with Crippen molar-refractivity contribution in [1.29, 1.82) is 0 Å². The van der Waals surface area contributed by atoms with E-state index >= 15 is 0 Å². The summed E-state index contributed by atoms with van der Waals surface area (Å²) < 4.78 is 10.4. The Labute approximate surface area is 99.2 Å². The van der Waals surface area contributed by atoms with Crippen molar-refractivity contribution >= 4 is 5.97 Å². The summed E-state index contributed by atoms with van der Waals surface area (Å²) in [5, 5.41) is 10.3. The molecule has 17 heavy (non-hydrogen) atoms. The molecule has 2 aliphatic rings. The van der Waals surface area contributed by atoms with Gasteiger partial charge in [0.2, 0.25) is 5.79 Å². The van der Waals surface area contributed by atoms with Crippen LogP contribution in [0.1, 0.15) is 29.9 Å². The first-order valence-corrected chi connectivity index (χ1v) is 5.74. The monoisotopic (exact) mass is 234 g/mol. The lowest BCUT2D eigenvalue weighted by Gasteiger charge is -2.34. The van der Waals surface area contributed by atoms with Gasteiger partial charge in [-0.15, -0.1) is 0 Å². The van der Waals surface area contributed by atoms with Crippen molar-refractivity contribution in [1.82, 2.24) is 0 Å². The van der Waals surface area contributed by atoms with Gasteiger partial charge in [-0.05, 0) is 23.6 Å². The van der Waals surface area contributed by atoms with Gasteiger partial charge in [0.15, 0.2) is 0 Å². The molecule has 1 fully saturated rings. The number of carbonyl (C=O) groups is 1. The average molecular weight is 234 g/mol. The van der Waals surface area contributed by atoms with Crippen molar-refractivity contribution in [2.45, 2.75) is 31.0 Å². The fourth-order valence-corrected chi connectivity index (χ4v) is 2.89. The van der Waals surface area contributed by atoms with Crippen molar-refractivity contribution < 1.29 is 19.4 Å².